The van der Waals surface area contributed by atoms with E-state index in [1.165, 1.54) is 48.6 Å². The molecule has 1 aliphatic heterocycles. The highest BCUT2D eigenvalue weighted by Gasteiger charge is 2.26. The second-order valence-corrected chi connectivity index (χ2v) is 6.83. The van der Waals surface area contributed by atoms with Crippen molar-refractivity contribution in [3.8, 4) is 0 Å². The van der Waals surface area contributed by atoms with Gasteiger partial charge in [0, 0.05) is 30.2 Å². The summed E-state index contributed by atoms with van der Waals surface area (Å²) in [6.45, 7) is 6.31. The number of carbonyl (C=O) groups excluding carboxylic acids is 1. The zero-order valence-electron chi connectivity index (χ0n) is 14.4. The predicted molar refractivity (Wildman–Crippen MR) is 95.8 cm³/mol. The van der Waals surface area contributed by atoms with Crippen LogP contribution in [0.4, 0.5) is 0 Å². The van der Waals surface area contributed by atoms with Crippen LogP contribution in [-0.2, 0) is 11.3 Å². The van der Waals surface area contributed by atoms with Crippen molar-refractivity contribution < 1.29 is 4.79 Å². The van der Waals surface area contributed by atoms with Gasteiger partial charge in [0.25, 0.3) is 0 Å². The Balaban J connectivity index is 1.79. The van der Waals surface area contributed by atoms with E-state index < -0.39 is 0 Å². The summed E-state index contributed by atoms with van der Waals surface area (Å²) in [5, 5.41) is 4.26. The van der Waals surface area contributed by atoms with E-state index in [0.29, 0.717) is 0 Å². The van der Waals surface area contributed by atoms with Crippen molar-refractivity contribution in [1.29, 1.82) is 0 Å². The van der Waals surface area contributed by atoms with E-state index >= 15 is 0 Å². The summed E-state index contributed by atoms with van der Waals surface area (Å²) in [5.74, 6) is 0.214. The Bertz CT molecular complexity index is 686. The van der Waals surface area contributed by atoms with Crippen molar-refractivity contribution >= 4 is 16.8 Å². The topological polar surface area (TPSA) is 34.0 Å². The molecule has 1 N–H and O–H groups in total. The molecule has 1 atom stereocenters. The van der Waals surface area contributed by atoms with Gasteiger partial charge < -0.3 is 9.88 Å². The molecule has 0 radical (unpaired) electrons. The molecule has 0 spiro atoms. The summed E-state index contributed by atoms with van der Waals surface area (Å²) in [4.78, 5) is 12.0. The Morgan fingerprint density at radius 1 is 1.22 bits per heavy atom. The van der Waals surface area contributed by atoms with Gasteiger partial charge in [0.05, 0.1) is 5.92 Å². The number of unbranched alkanes of at least 4 members (excludes halogenated alkanes) is 4. The highest BCUT2D eigenvalue weighted by Crippen LogP contribution is 2.29. The molecule has 2 aromatic rings. The van der Waals surface area contributed by atoms with Crippen molar-refractivity contribution in [2.75, 3.05) is 6.54 Å². The van der Waals surface area contributed by atoms with Crippen molar-refractivity contribution in [1.82, 2.24) is 9.88 Å². The number of aromatic nitrogens is 1. The molecule has 1 amide bonds. The molecule has 3 rings (SSSR count). The summed E-state index contributed by atoms with van der Waals surface area (Å²) in [6.07, 6.45) is 9.69. The molecule has 1 aliphatic rings. The minimum Gasteiger partial charge on any atom is -0.356 e. The Morgan fingerprint density at radius 2 is 2.04 bits per heavy atom. The number of rotatable bonds is 7. The summed E-state index contributed by atoms with van der Waals surface area (Å²) in [5.41, 5.74) is 3.78. The summed E-state index contributed by atoms with van der Waals surface area (Å²) < 4.78 is 2.38. The molecule has 0 bridgehead atoms. The first-order chi connectivity index (χ1) is 11.2. The molecule has 1 aromatic heterocycles. The number of fused-ring (bicyclic) bond motifs is 1. The lowest BCUT2D eigenvalue weighted by atomic mass is 9.96. The molecule has 1 unspecified atom stereocenters. The maximum Gasteiger partial charge on any atom is 0.227 e. The average Bonchev–Trinajstić information content (AvgIpc) is 3.11. The fourth-order valence-corrected chi connectivity index (χ4v) is 3.69. The van der Waals surface area contributed by atoms with E-state index in [1.807, 2.05) is 0 Å². The quantitative estimate of drug-likeness (QED) is 0.749. The van der Waals surface area contributed by atoms with E-state index in [4.69, 9.17) is 0 Å². The van der Waals surface area contributed by atoms with Gasteiger partial charge in [0.2, 0.25) is 5.91 Å². The molecule has 23 heavy (non-hydrogen) atoms. The number of benzene rings is 1. The zero-order valence-corrected chi connectivity index (χ0v) is 14.4. The monoisotopic (exact) mass is 312 g/mol. The highest BCUT2D eigenvalue weighted by molar-refractivity contribution is 5.89. The van der Waals surface area contributed by atoms with Crippen molar-refractivity contribution in [3.05, 3.63) is 35.5 Å². The van der Waals surface area contributed by atoms with E-state index in [9.17, 15) is 4.79 Å². The molecular formula is C20H28N2O. The smallest absolute Gasteiger partial charge is 0.227 e. The Hall–Kier alpha value is -1.77. The Kier molecular flexibility index (Phi) is 5.04. The molecule has 2 heterocycles. The molecule has 1 fully saturated rings. The maximum atomic E-state index is 12.0. The van der Waals surface area contributed by atoms with Crippen molar-refractivity contribution in [3.63, 3.8) is 0 Å². The Labute approximate surface area is 139 Å². The third kappa shape index (κ3) is 3.44. The molecule has 3 nitrogen and oxygen atoms in total. The third-order valence-electron chi connectivity index (χ3n) is 5.06. The molecule has 0 saturated carbocycles. The lowest BCUT2D eigenvalue weighted by molar-refractivity contribution is -0.120. The number of hydrogen-bond acceptors (Lipinski definition) is 1. The third-order valence-corrected chi connectivity index (χ3v) is 5.06. The Morgan fingerprint density at radius 3 is 2.78 bits per heavy atom. The van der Waals surface area contributed by atoms with Gasteiger partial charge in [0.15, 0.2) is 0 Å². The maximum absolute atomic E-state index is 12.0. The fourth-order valence-electron chi connectivity index (χ4n) is 3.69. The molecule has 1 aromatic carbocycles. The number of carbonyl (C=O) groups is 1. The minimum absolute atomic E-state index is 0.0348. The van der Waals surface area contributed by atoms with Crippen LogP contribution < -0.4 is 5.32 Å². The second-order valence-electron chi connectivity index (χ2n) is 6.83. The van der Waals surface area contributed by atoms with Crippen LogP contribution >= 0.6 is 0 Å². The number of hydrogen-bond donors (Lipinski definition) is 1. The van der Waals surface area contributed by atoms with Gasteiger partial charge in [-0.05, 0) is 37.0 Å². The van der Waals surface area contributed by atoms with Gasteiger partial charge in [-0.3, -0.25) is 4.79 Å². The molecule has 3 heteroatoms. The second kappa shape index (κ2) is 7.20. The van der Waals surface area contributed by atoms with Crippen molar-refractivity contribution in [2.24, 2.45) is 0 Å². The van der Waals surface area contributed by atoms with Gasteiger partial charge in [-0.15, -0.1) is 0 Å². The average molecular weight is 312 g/mol. The molecule has 1 saturated heterocycles. The van der Waals surface area contributed by atoms with Gasteiger partial charge in [-0.2, -0.15) is 0 Å². The fraction of sp³-hybridized carbons (Fsp3) is 0.550. The van der Waals surface area contributed by atoms with Crippen LogP contribution in [-0.4, -0.2) is 17.0 Å². The SMILES string of the molecule is CCCCCCCn1cc(C)c2ccc(C3CCNC3=O)cc21. The zero-order chi connectivity index (χ0) is 16.2. The van der Waals surface area contributed by atoms with Crippen LogP contribution in [0.15, 0.2) is 24.4 Å². The van der Waals surface area contributed by atoms with E-state index in [-0.39, 0.29) is 11.8 Å². The predicted octanol–water partition coefficient (Wildman–Crippen LogP) is 4.52. The molecule has 0 aliphatic carbocycles. The largest absolute Gasteiger partial charge is 0.356 e. The van der Waals surface area contributed by atoms with Crippen LogP contribution in [0.25, 0.3) is 10.9 Å². The normalized spacial score (nSPS) is 17.8. The summed E-state index contributed by atoms with van der Waals surface area (Å²) >= 11 is 0. The van der Waals surface area contributed by atoms with E-state index in [1.54, 1.807) is 0 Å². The number of nitrogens with one attached hydrogen (secondary N) is 1. The van der Waals surface area contributed by atoms with Gasteiger partial charge in [-0.1, -0.05) is 44.7 Å². The van der Waals surface area contributed by atoms with Crippen LogP contribution in [0.1, 0.15) is 62.5 Å². The molecular weight excluding hydrogens is 284 g/mol. The van der Waals surface area contributed by atoms with E-state index in [2.05, 4.69) is 48.1 Å². The van der Waals surface area contributed by atoms with Gasteiger partial charge >= 0.3 is 0 Å². The standard InChI is InChI=1S/C20H28N2O/c1-3-4-5-6-7-12-22-14-15(2)17-9-8-16(13-19(17)22)18-10-11-21-20(18)23/h8-9,13-14,18H,3-7,10-12H2,1-2H3,(H,21,23). The molecule has 124 valence electrons. The lowest BCUT2D eigenvalue weighted by Gasteiger charge is -2.10. The highest BCUT2D eigenvalue weighted by atomic mass is 16.2. The van der Waals surface area contributed by atoms with Gasteiger partial charge in [-0.25, -0.2) is 0 Å². The lowest BCUT2D eigenvalue weighted by Crippen LogP contribution is -2.17. The first-order valence-electron chi connectivity index (χ1n) is 9.08. The number of aryl methyl sites for hydroxylation is 2. The van der Waals surface area contributed by atoms with Crippen LogP contribution in [0.5, 0.6) is 0 Å². The summed E-state index contributed by atoms with van der Waals surface area (Å²) in [7, 11) is 0. The van der Waals surface area contributed by atoms with Crippen molar-refractivity contribution in [2.45, 2.75) is 64.8 Å². The minimum atomic E-state index is 0.0348. The van der Waals surface area contributed by atoms with Crippen LogP contribution in [0, 0.1) is 6.92 Å². The van der Waals surface area contributed by atoms with Crippen LogP contribution in [0.3, 0.4) is 0 Å². The first kappa shape index (κ1) is 16.1. The van der Waals surface area contributed by atoms with E-state index in [0.717, 1.165) is 25.1 Å². The number of amides is 1. The van der Waals surface area contributed by atoms with Crippen LogP contribution in [0.2, 0.25) is 0 Å². The number of nitrogens with zero attached hydrogens (tertiary/aromatic N) is 1. The van der Waals surface area contributed by atoms with Gasteiger partial charge in [0.1, 0.15) is 0 Å². The summed E-state index contributed by atoms with van der Waals surface area (Å²) in [6, 6.07) is 6.57. The first-order valence-corrected chi connectivity index (χ1v) is 9.08.